The van der Waals surface area contributed by atoms with Gasteiger partial charge in [0.25, 0.3) is 0 Å². The van der Waals surface area contributed by atoms with Crippen LogP contribution in [0.25, 0.3) is 0 Å². The molecule has 0 aliphatic heterocycles. The third-order valence-corrected chi connectivity index (χ3v) is 3.74. The highest BCUT2D eigenvalue weighted by molar-refractivity contribution is 5.33. The van der Waals surface area contributed by atoms with Gasteiger partial charge in [-0.15, -0.1) is 0 Å². The van der Waals surface area contributed by atoms with Crippen molar-refractivity contribution in [2.24, 2.45) is 5.73 Å². The molecule has 2 rings (SSSR count). The summed E-state index contributed by atoms with van der Waals surface area (Å²) in [5, 5.41) is 0. The number of nitrogens with two attached hydrogens (primary N) is 1. The van der Waals surface area contributed by atoms with Crippen LogP contribution < -0.4 is 5.73 Å². The van der Waals surface area contributed by atoms with E-state index in [1.54, 1.807) is 12.1 Å². The average molecular weight is 257 g/mol. The monoisotopic (exact) mass is 257 g/mol. The molecule has 100 valence electrons. The van der Waals surface area contributed by atoms with Crippen molar-refractivity contribution in [3.63, 3.8) is 0 Å². The highest BCUT2D eigenvalue weighted by Crippen LogP contribution is 2.39. The van der Waals surface area contributed by atoms with Crippen molar-refractivity contribution in [1.82, 2.24) is 0 Å². The van der Waals surface area contributed by atoms with E-state index in [0.717, 1.165) is 38.2 Å². The highest BCUT2D eigenvalue weighted by atomic mass is 19.4. The lowest BCUT2D eigenvalue weighted by Crippen LogP contribution is -2.29. The van der Waals surface area contributed by atoms with Crippen molar-refractivity contribution in [2.45, 2.75) is 50.2 Å². The maximum atomic E-state index is 13.0. The predicted molar refractivity (Wildman–Crippen MR) is 65.2 cm³/mol. The van der Waals surface area contributed by atoms with Gasteiger partial charge in [0.2, 0.25) is 0 Å². The summed E-state index contributed by atoms with van der Waals surface area (Å²) in [5.41, 5.74) is 5.91. The van der Waals surface area contributed by atoms with Crippen LogP contribution in [-0.2, 0) is 6.18 Å². The molecule has 0 heterocycles. The van der Waals surface area contributed by atoms with Gasteiger partial charge in [-0.05, 0) is 30.4 Å². The Labute approximate surface area is 105 Å². The third-order valence-electron chi connectivity index (χ3n) is 3.74. The zero-order chi connectivity index (χ0) is 13.2. The van der Waals surface area contributed by atoms with E-state index >= 15 is 0 Å². The van der Waals surface area contributed by atoms with E-state index in [4.69, 9.17) is 5.73 Å². The van der Waals surface area contributed by atoms with E-state index in [9.17, 15) is 13.2 Å². The van der Waals surface area contributed by atoms with E-state index in [-0.39, 0.29) is 12.0 Å². The molecule has 2 atom stereocenters. The van der Waals surface area contributed by atoms with Crippen LogP contribution in [0, 0.1) is 0 Å². The Kier molecular flexibility index (Phi) is 3.95. The van der Waals surface area contributed by atoms with Gasteiger partial charge in [-0.25, -0.2) is 0 Å². The van der Waals surface area contributed by atoms with Crippen LogP contribution in [-0.4, -0.2) is 6.04 Å². The molecule has 18 heavy (non-hydrogen) atoms. The lowest BCUT2D eigenvalue weighted by molar-refractivity contribution is -0.138. The summed E-state index contributed by atoms with van der Waals surface area (Å²) >= 11 is 0. The molecule has 0 spiro atoms. The van der Waals surface area contributed by atoms with Crippen LogP contribution >= 0.6 is 0 Å². The van der Waals surface area contributed by atoms with Gasteiger partial charge in [-0.3, -0.25) is 0 Å². The van der Waals surface area contributed by atoms with E-state index in [1.807, 2.05) is 0 Å². The maximum Gasteiger partial charge on any atom is 0.416 e. The molecule has 0 amide bonds. The van der Waals surface area contributed by atoms with Crippen LogP contribution in [0.3, 0.4) is 0 Å². The quantitative estimate of drug-likeness (QED) is 0.754. The van der Waals surface area contributed by atoms with Crippen molar-refractivity contribution < 1.29 is 13.2 Å². The molecule has 0 unspecified atom stereocenters. The molecule has 1 nitrogen and oxygen atoms in total. The van der Waals surface area contributed by atoms with Crippen LogP contribution in [0.2, 0.25) is 0 Å². The molecule has 1 saturated carbocycles. The Hall–Kier alpha value is -1.03. The van der Waals surface area contributed by atoms with Crippen LogP contribution in [0.15, 0.2) is 24.3 Å². The SMILES string of the molecule is N[C@H]1CCCCC[C@@H]1c1ccccc1C(F)(F)F. The smallest absolute Gasteiger partial charge is 0.327 e. The molecule has 1 fully saturated rings. The van der Waals surface area contributed by atoms with Crippen molar-refractivity contribution in [3.8, 4) is 0 Å². The maximum absolute atomic E-state index is 13.0. The molecular weight excluding hydrogens is 239 g/mol. The van der Waals surface area contributed by atoms with Gasteiger partial charge in [0, 0.05) is 6.04 Å². The summed E-state index contributed by atoms with van der Waals surface area (Å²) in [5.74, 6) is -0.162. The number of hydrogen-bond donors (Lipinski definition) is 1. The van der Waals surface area contributed by atoms with Crippen LogP contribution in [0.1, 0.15) is 49.1 Å². The molecule has 1 aromatic rings. The van der Waals surface area contributed by atoms with E-state index in [1.165, 1.54) is 6.07 Å². The molecule has 1 aromatic carbocycles. The summed E-state index contributed by atoms with van der Waals surface area (Å²) in [6.07, 6.45) is 0.336. The first kappa shape index (κ1) is 13.4. The van der Waals surface area contributed by atoms with Crippen molar-refractivity contribution in [1.29, 1.82) is 0 Å². The number of halogens is 3. The van der Waals surface area contributed by atoms with Crippen LogP contribution in [0.4, 0.5) is 13.2 Å². The van der Waals surface area contributed by atoms with Gasteiger partial charge in [-0.2, -0.15) is 13.2 Å². The Morgan fingerprint density at radius 2 is 1.67 bits per heavy atom. The molecule has 0 saturated heterocycles. The van der Waals surface area contributed by atoms with Gasteiger partial charge in [-0.1, -0.05) is 37.5 Å². The Balaban J connectivity index is 2.37. The summed E-state index contributed by atoms with van der Waals surface area (Å²) in [4.78, 5) is 0. The summed E-state index contributed by atoms with van der Waals surface area (Å²) in [6.45, 7) is 0. The van der Waals surface area contributed by atoms with Gasteiger partial charge in [0.15, 0.2) is 0 Å². The minimum Gasteiger partial charge on any atom is -0.327 e. The summed E-state index contributed by atoms with van der Waals surface area (Å²) < 4.78 is 39.0. The zero-order valence-corrected chi connectivity index (χ0v) is 10.2. The topological polar surface area (TPSA) is 26.0 Å². The number of alkyl halides is 3. The fourth-order valence-corrected chi connectivity index (χ4v) is 2.80. The van der Waals surface area contributed by atoms with Crippen molar-refractivity contribution in [2.75, 3.05) is 0 Å². The Morgan fingerprint density at radius 1 is 1.00 bits per heavy atom. The second-order valence-corrected chi connectivity index (χ2v) is 4.99. The second-order valence-electron chi connectivity index (χ2n) is 4.99. The van der Waals surface area contributed by atoms with Crippen molar-refractivity contribution >= 4 is 0 Å². The fraction of sp³-hybridized carbons (Fsp3) is 0.571. The molecule has 0 bridgehead atoms. The van der Waals surface area contributed by atoms with Crippen molar-refractivity contribution in [3.05, 3.63) is 35.4 Å². The molecule has 2 N–H and O–H groups in total. The lowest BCUT2D eigenvalue weighted by atomic mass is 9.85. The minimum absolute atomic E-state index is 0.156. The standard InChI is InChI=1S/C14H18F3N/c15-14(16,17)12-8-5-4-6-10(12)11-7-2-1-3-9-13(11)18/h4-6,8,11,13H,1-3,7,9,18H2/t11-,13+/m1/s1. The number of hydrogen-bond acceptors (Lipinski definition) is 1. The highest BCUT2D eigenvalue weighted by Gasteiger charge is 2.36. The Morgan fingerprint density at radius 3 is 2.39 bits per heavy atom. The van der Waals surface area contributed by atoms with Gasteiger partial charge in [0.1, 0.15) is 0 Å². The molecule has 1 aliphatic rings. The summed E-state index contributed by atoms with van der Waals surface area (Å²) in [7, 11) is 0. The normalized spacial score (nSPS) is 25.8. The first-order chi connectivity index (χ1) is 8.50. The average Bonchev–Trinajstić information content (AvgIpc) is 2.53. The van der Waals surface area contributed by atoms with Crippen LogP contribution in [0.5, 0.6) is 0 Å². The largest absolute Gasteiger partial charge is 0.416 e. The van der Waals surface area contributed by atoms with Gasteiger partial charge < -0.3 is 5.73 Å². The Bertz CT molecular complexity index is 400. The van der Waals surface area contributed by atoms with Gasteiger partial charge >= 0.3 is 6.18 Å². The third kappa shape index (κ3) is 2.86. The molecule has 0 radical (unpaired) electrons. The van der Waals surface area contributed by atoms with E-state index < -0.39 is 11.7 Å². The van der Waals surface area contributed by atoms with Gasteiger partial charge in [0.05, 0.1) is 5.56 Å². The minimum atomic E-state index is -4.29. The molecule has 1 aliphatic carbocycles. The first-order valence-electron chi connectivity index (χ1n) is 6.42. The summed E-state index contributed by atoms with van der Waals surface area (Å²) in [6, 6.07) is 5.69. The predicted octanol–water partition coefficient (Wildman–Crippen LogP) is 4.08. The number of rotatable bonds is 1. The second kappa shape index (κ2) is 5.31. The lowest BCUT2D eigenvalue weighted by Gasteiger charge is -2.25. The zero-order valence-electron chi connectivity index (χ0n) is 10.2. The number of benzene rings is 1. The molecular formula is C14H18F3N. The van der Waals surface area contributed by atoms with E-state index in [0.29, 0.717) is 5.56 Å². The fourth-order valence-electron chi connectivity index (χ4n) is 2.80. The molecule has 0 aromatic heterocycles. The first-order valence-corrected chi connectivity index (χ1v) is 6.42. The molecule has 4 heteroatoms. The van der Waals surface area contributed by atoms with E-state index in [2.05, 4.69) is 0 Å².